The minimum absolute atomic E-state index is 0.185. The molecule has 1 aliphatic rings. The molecule has 0 aromatic heterocycles. The summed E-state index contributed by atoms with van der Waals surface area (Å²) in [7, 11) is -3.19. The molecule has 7 nitrogen and oxygen atoms in total. The number of nitrogens with zero attached hydrogens (tertiary/aromatic N) is 1. The van der Waals surface area contributed by atoms with Gasteiger partial charge in [-0.2, -0.15) is 0 Å². The highest BCUT2D eigenvalue weighted by atomic mass is 35.5. The number of benzene rings is 1. The van der Waals surface area contributed by atoms with Gasteiger partial charge in [-0.15, -0.1) is 0 Å². The van der Waals surface area contributed by atoms with Crippen LogP contribution in [0.15, 0.2) is 29.6 Å². The molecular formula is C25H37Cl2NO6P+. The van der Waals surface area contributed by atoms with Crippen molar-refractivity contribution in [1.82, 2.24) is 4.90 Å². The van der Waals surface area contributed by atoms with Gasteiger partial charge >= 0.3 is 12.1 Å². The summed E-state index contributed by atoms with van der Waals surface area (Å²) in [6.45, 7) is 5.45. The molecule has 10 heteroatoms. The molecule has 2 N–H and O–H groups in total. The zero-order valence-electron chi connectivity index (χ0n) is 20.7. The molecule has 2 rings (SSSR count). The van der Waals surface area contributed by atoms with E-state index in [0.717, 1.165) is 36.8 Å². The van der Waals surface area contributed by atoms with Gasteiger partial charge in [0.2, 0.25) is 6.29 Å². The first-order chi connectivity index (χ1) is 16.5. The highest BCUT2D eigenvalue weighted by molar-refractivity contribution is 7.67. The summed E-state index contributed by atoms with van der Waals surface area (Å²) in [5.41, 5.74) is 2.01. The van der Waals surface area contributed by atoms with Crippen LogP contribution in [0.4, 0.5) is 4.79 Å². The van der Waals surface area contributed by atoms with E-state index in [1.54, 1.807) is 31.8 Å². The number of carbonyl (C=O) groups excluding carboxylic acids is 2. The lowest BCUT2D eigenvalue weighted by Gasteiger charge is -2.25. The molecule has 0 heterocycles. The molecule has 0 radical (unpaired) electrons. The number of allylic oxidation sites excluding steroid dienone is 1. The van der Waals surface area contributed by atoms with Crippen molar-refractivity contribution in [3.05, 3.63) is 45.2 Å². The number of carbonyl (C=O) groups is 2. The van der Waals surface area contributed by atoms with Crippen molar-refractivity contribution in [2.45, 2.75) is 72.0 Å². The predicted molar refractivity (Wildman–Crippen MR) is 141 cm³/mol. The van der Waals surface area contributed by atoms with Gasteiger partial charge in [-0.3, -0.25) is 4.79 Å². The summed E-state index contributed by atoms with van der Waals surface area (Å²) in [4.78, 5) is 47.3. The maximum atomic E-state index is 12.9. The number of esters is 1. The minimum atomic E-state index is -3.19. The maximum absolute atomic E-state index is 12.9. The number of ether oxygens (including phenoxy) is 2. The summed E-state index contributed by atoms with van der Waals surface area (Å²) in [6, 6.07) is 5.28. The van der Waals surface area contributed by atoms with Crippen LogP contribution in [0.5, 0.6) is 0 Å². The predicted octanol–water partition coefficient (Wildman–Crippen LogP) is 6.59. The van der Waals surface area contributed by atoms with Gasteiger partial charge < -0.3 is 14.4 Å². The second kappa shape index (κ2) is 14.4. The van der Waals surface area contributed by atoms with Crippen LogP contribution in [-0.4, -0.2) is 52.3 Å². The van der Waals surface area contributed by atoms with E-state index >= 15 is 0 Å². The first-order valence-electron chi connectivity index (χ1n) is 12.1. The first-order valence-corrected chi connectivity index (χ1v) is 14.8. The van der Waals surface area contributed by atoms with Crippen molar-refractivity contribution in [2.75, 3.05) is 19.3 Å². The van der Waals surface area contributed by atoms with E-state index in [9.17, 15) is 19.4 Å². The third-order valence-corrected chi connectivity index (χ3v) is 8.23. The lowest BCUT2D eigenvalue weighted by atomic mass is 9.96. The topological polar surface area (TPSA) is 96.3 Å². The second-order valence-electron chi connectivity index (χ2n) is 9.24. The quantitative estimate of drug-likeness (QED) is 0.184. The van der Waals surface area contributed by atoms with Gasteiger partial charge in [-0.1, -0.05) is 49.5 Å². The van der Waals surface area contributed by atoms with Crippen molar-refractivity contribution < 1.29 is 28.8 Å². The van der Waals surface area contributed by atoms with Crippen molar-refractivity contribution in [2.24, 2.45) is 5.92 Å². The molecule has 1 fully saturated rings. The van der Waals surface area contributed by atoms with Crippen LogP contribution < -0.4 is 0 Å². The summed E-state index contributed by atoms with van der Waals surface area (Å²) < 4.78 is 10.5. The van der Waals surface area contributed by atoms with E-state index in [-0.39, 0.29) is 18.6 Å². The van der Waals surface area contributed by atoms with E-state index < -0.39 is 26.1 Å². The van der Waals surface area contributed by atoms with Gasteiger partial charge in [-0.25, -0.2) is 14.6 Å². The minimum Gasteiger partial charge on any atom is -0.425 e. The van der Waals surface area contributed by atoms with E-state index in [2.05, 4.69) is 0 Å². The highest BCUT2D eigenvalue weighted by Crippen LogP contribution is 2.54. The summed E-state index contributed by atoms with van der Waals surface area (Å²) in [5, 5.41) is 0.879. The van der Waals surface area contributed by atoms with Crippen molar-refractivity contribution >= 4 is 43.0 Å². The zero-order valence-corrected chi connectivity index (χ0v) is 23.1. The Bertz CT molecular complexity index is 885. The standard InChI is InChI=1S/C25H37Cl2NO6P/c1-18(2)24(29)33-19(3)34-25(30)28(14-12-20-10-11-22(26)23(27)16-20)13-7-15-35(31,32)17-21-8-5-4-6-9-21/h10-11,16-19,31-32H,4-9,12-15H2,1-3H3/q+1. The van der Waals surface area contributed by atoms with Gasteiger partial charge in [-0.05, 0) is 55.4 Å². The summed E-state index contributed by atoms with van der Waals surface area (Å²) in [6.07, 6.45) is 4.57. The van der Waals surface area contributed by atoms with Gasteiger partial charge in [0.15, 0.2) is 0 Å². The third kappa shape index (κ3) is 11.1. The van der Waals surface area contributed by atoms with Crippen LogP contribution >= 0.6 is 30.9 Å². The third-order valence-electron chi connectivity index (χ3n) is 5.73. The Morgan fingerprint density at radius 2 is 1.74 bits per heavy atom. The van der Waals surface area contributed by atoms with E-state index in [1.165, 1.54) is 18.2 Å². The fraction of sp³-hybridized carbons (Fsp3) is 0.600. The molecule has 1 amide bonds. The smallest absolute Gasteiger partial charge is 0.412 e. The molecule has 196 valence electrons. The summed E-state index contributed by atoms with van der Waals surface area (Å²) >= 11 is 12.1. The van der Waals surface area contributed by atoms with Crippen LogP contribution in [0.3, 0.4) is 0 Å². The lowest BCUT2D eigenvalue weighted by Crippen LogP contribution is -2.37. The number of hydrogen-bond donors (Lipinski definition) is 2. The molecular weight excluding hydrogens is 512 g/mol. The van der Waals surface area contributed by atoms with Crippen LogP contribution in [0, 0.1) is 5.92 Å². The molecule has 0 saturated heterocycles. The van der Waals surface area contributed by atoms with Crippen LogP contribution in [0.1, 0.15) is 64.9 Å². The fourth-order valence-corrected chi connectivity index (χ4v) is 5.68. The second-order valence-corrected chi connectivity index (χ2v) is 12.3. The SMILES string of the molecule is CC(OC(=O)C(C)C)OC(=O)N(CCC[P+](O)(O)C=C1CCCCC1)CCc1ccc(Cl)c(Cl)c1. The van der Waals surface area contributed by atoms with E-state index in [0.29, 0.717) is 29.4 Å². The van der Waals surface area contributed by atoms with Crippen molar-refractivity contribution in [1.29, 1.82) is 0 Å². The number of amides is 1. The van der Waals surface area contributed by atoms with Crippen molar-refractivity contribution in [3.63, 3.8) is 0 Å². The number of halogens is 2. The van der Waals surface area contributed by atoms with E-state index in [1.807, 2.05) is 6.07 Å². The number of hydrogen-bond acceptors (Lipinski definition) is 6. The molecule has 0 spiro atoms. The average molecular weight is 549 g/mol. The van der Waals surface area contributed by atoms with Gasteiger partial charge in [0.05, 0.1) is 16.0 Å². The molecule has 1 atom stereocenters. The molecule has 0 aliphatic heterocycles. The Balaban J connectivity index is 2.00. The Morgan fingerprint density at radius 1 is 1.06 bits per heavy atom. The Hall–Kier alpha value is -1.37. The van der Waals surface area contributed by atoms with E-state index in [4.69, 9.17) is 32.7 Å². The first kappa shape index (κ1) is 29.9. The van der Waals surface area contributed by atoms with Gasteiger partial charge in [0.25, 0.3) is 7.72 Å². The number of rotatable bonds is 11. The molecule has 35 heavy (non-hydrogen) atoms. The van der Waals surface area contributed by atoms with Crippen LogP contribution in [-0.2, 0) is 20.7 Å². The fourth-order valence-electron chi connectivity index (χ4n) is 3.78. The average Bonchev–Trinajstić information content (AvgIpc) is 2.78. The van der Waals surface area contributed by atoms with Gasteiger partial charge in [0.1, 0.15) is 12.0 Å². The molecule has 1 saturated carbocycles. The van der Waals surface area contributed by atoms with Crippen LogP contribution in [0.2, 0.25) is 10.0 Å². The Labute approximate surface area is 218 Å². The molecule has 1 aliphatic carbocycles. The molecule has 1 unspecified atom stereocenters. The van der Waals surface area contributed by atoms with Gasteiger partial charge in [0, 0.05) is 26.4 Å². The van der Waals surface area contributed by atoms with Crippen LogP contribution in [0.25, 0.3) is 0 Å². The van der Waals surface area contributed by atoms with Crippen molar-refractivity contribution in [3.8, 4) is 0 Å². The lowest BCUT2D eigenvalue weighted by molar-refractivity contribution is -0.169. The molecule has 1 aromatic rings. The molecule has 0 bridgehead atoms. The normalized spacial score (nSPS) is 15.0. The molecule has 1 aromatic carbocycles. The Kier molecular flexibility index (Phi) is 12.3. The summed E-state index contributed by atoms with van der Waals surface area (Å²) in [5.74, 6) is 0.864. The zero-order chi connectivity index (χ0) is 26.0. The monoisotopic (exact) mass is 548 g/mol. The largest absolute Gasteiger partial charge is 0.425 e. The maximum Gasteiger partial charge on any atom is 0.412 e. The highest BCUT2D eigenvalue weighted by Gasteiger charge is 2.32. The Morgan fingerprint density at radius 3 is 2.37 bits per heavy atom.